The molecule has 0 N–H and O–H groups in total. The van der Waals surface area contributed by atoms with Crippen LogP contribution in [0, 0.1) is 0 Å². The zero-order valence-electron chi connectivity index (χ0n) is 13.8. The largest absolute Gasteiger partial charge is 0.379 e. The first-order valence-electron chi connectivity index (χ1n) is 7.48. The molecule has 24 heavy (non-hydrogen) atoms. The van der Waals surface area contributed by atoms with Gasteiger partial charge in [-0.1, -0.05) is 26.0 Å². The SMILES string of the molecule is CC[C@H](C)c1ccc(OS(=O)(=O)c2ccc(S(C)(=O)=O)cc2)cc1. The molecule has 0 aliphatic heterocycles. The second-order valence-electron chi connectivity index (χ2n) is 5.66. The van der Waals surface area contributed by atoms with Crippen LogP contribution < -0.4 is 4.18 Å². The summed E-state index contributed by atoms with van der Waals surface area (Å²) in [5, 5.41) is 0. The topological polar surface area (TPSA) is 77.5 Å². The molecule has 0 amide bonds. The minimum atomic E-state index is -4.01. The summed E-state index contributed by atoms with van der Waals surface area (Å²) in [6.45, 7) is 4.18. The highest BCUT2D eigenvalue weighted by Gasteiger charge is 2.18. The third-order valence-electron chi connectivity index (χ3n) is 3.81. The molecule has 5 nitrogen and oxygen atoms in total. The van der Waals surface area contributed by atoms with Crippen LogP contribution in [0.1, 0.15) is 31.7 Å². The van der Waals surface area contributed by atoms with E-state index >= 15 is 0 Å². The highest BCUT2D eigenvalue weighted by molar-refractivity contribution is 7.90. The fourth-order valence-electron chi connectivity index (χ4n) is 2.12. The molecule has 1 atom stereocenters. The molecule has 2 aromatic carbocycles. The fraction of sp³-hybridized carbons (Fsp3) is 0.294. The van der Waals surface area contributed by atoms with Gasteiger partial charge in [-0.2, -0.15) is 8.42 Å². The molecule has 0 aromatic heterocycles. The van der Waals surface area contributed by atoms with Gasteiger partial charge in [0.15, 0.2) is 9.84 Å². The van der Waals surface area contributed by atoms with Crippen molar-refractivity contribution in [2.75, 3.05) is 6.26 Å². The second kappa shape index (κ2) is 6.94. The minimum Gasteiger partial charge on any atom is -0.379 e. The van der Waals surface area contributed by atoms with Gasteiger partial charge in [0.25, 0.3) is 0 Å². The summed E-state index contributed by atoms with van der Waals surface area (Å²) in [4.78, 5) is -0.0414. The number of benzene rings is 2. The van der Waals surface area contributed by atoms with Gasteiger partial charge in [-0.3, -0.25) is 0 Å². The highest BCUT2D eigenvalue weighted by Crippen LogP contribution is 2.24. The number of rotatable bonds is 6. The van der Waals surface area contributed by atoms with Crippen LogP contribution in [-0.4, -0.2) is 23.1 Å². The van der Waals surface area contributed by atoms with Gasteiger partial charge in [0, 0.05) is 6.26 Å². The van der Waals surface area contributed by atoms with Crippen LogP contribution in [0.15, 0.2) is 58.3 Å². The first-order valence-corrected chi connectivity index (χ1v) is 10.8. The average Bonchev–Trinajstić information content (AvgIpc) is 2.54. The maximum Gasteiger partial charge on any atom is 0.339 e. The summed E-state index contributed by atoms with van der Waals surface area (Å²) < 4.78 is 52.5. The van der Waals surface area contributed by atoms with Gasteiger partial charge >= 0.3 is 10.1 Å². The number of hydrogen-bond acceptors (Lipinski definition) is 5. The van der Waals surface area contributed by atoms with E-state index in [1.54, 1.807) is 12.1 Å². The second-order valence-corrected chi connectivity index (χ2v) is 9.22. The number of sulfone groups is 1. The first-order chi connectivity index (χ1) is 11.1. The van der Waals surface area contributed by atoms with Crippen LogP contribution in [0.4, 0.5) is 0 Å². The van der Waals surface area contributed by atoms with Gasteiger partial charge in [0.05, 0.1) is 4.90 Å². The monoisotopic (exact) mass is 368 g/mol. The van der Waals surface area contributed by atoms with Crippen LogP contribution in [0.5, 0.6) is 5.75 Å². The van der Waals surface area contributed by atoms with Crippen LogP contribution in [0.2, 0.25) is 0 Å². The molecule has 0 aliphatic rings. The third kappa shape index (κ3) is 4.36. The molecular formula is C17H20O5S2. The van der Waals surface area contributed by atoms with Crippen molar-refractivity contribution < 1.29 is 21.0 Å². The van der Waals surface area contributed by atoms with E-state index in [-0.39, 0.29) is 15.5 Å². The van der Waals surface area contributed by atoms with Crippen molar-refractivity contribution in [3.05, 3.63) is 54.1 Å². The molecule has 2 rings (SSSR count). The summed E-state index contributed by atoms with van der Waals surface area (Å²) in [6.07, 6.45) is 2.05. The Morgan fingerprint density at radius 1 is 0.875 bits per heavy atom. The first kappa shape index (κ1) is 18.5. The summed E-state index contributed by atoms with van der Waals surface area (Å²) in [5.41, 5.74) is 1.11. The number of hydrogen-bond donors (Lipinski definition) is 0. The molecule has 2 aromatic rings. The van der Waals surface area contributed by atoms with E-state index in [4.69, 9.17) is 4.18 Å². The van der Waals surface area contributed by atoms with Gasteiger partial charge in [-0.05, 0) is 54.3 Å². The van der Waals surface area contributed by atoms with Crippen molar-refractivity contribution >= 4 is 20.0 Å². The molecule has 0 spiro atoms. The van der Waals surface area contributed by atoms with E-state index in [1.807, 2.05) is 12.1 Å². The normalized spacial score (nSPS) is 13.5. The lowest BCUT2D eigenvalue weighted by molar-refractivity contribution is 0.485. The summed E-state index contributed by atoms with van der Waals surface area (Å²) in [7, 11) is -7.38. The van der Waals surface area contributed by atoms with Crippen LogP contribution >= 0.6 is 0 Å². The van der Waals surface area contributed by atoms with Crippen molar-refractivity contribution in [1.82, 2.24) is 0 Å². The van der Waals surface area contributed by atoms with Crippen molar-refractivity contribution in [3.63, 3.8) is 0 Å². The Morgan fingerprint density at radius 3 is 1.83 bits per heavy atom. The van der Waals surface area contributed by atoms with E-state index in [1.165, 1.54) is 24.3 Å². The molecule has 0 saturated carbocycles. The van der Waals surface area contributed by atoms with Gasteiger partial charge in [0.2, 0.25) is 0 Å². The quantitative estimate of drug-likeness (QED) is 0.731. The lowest BCUT2D eigenvalue weighted by Crippen LogP contribution is -2.10. The van der Waals surface area contributed by atoms with Crippen LogP contribution in [-0.2, 0) is 20.0 Å². The summed E-state index contributed by atoms with van der Waals surface area (Å²) >= 11 is 0. The van der Waals surface area contributed by atoms with Crippen molar-refractivity contribution in [2.24, 2.45) is 0 Å². The highest BCUT2D eigenvalue weighted by atomic mass is 32.2. The molecule has 130 valence electrons. The maximum atomic E-state index is 12.3. The molecule has 7 heteroatoms. The van der Waals surface area contributed by atoms with E-state index in [2.05, 4.69) is 13.8 Å². The van der Waals surface area contributed by atoms with Gasteiger partial charge < -0.3 is 4.18 Å². The Morgan fingerprint density at radius 2 is 1.38 bits per heavy atom. The smallest absolute Gasteiger partial charge is 0.339 e. The Bertz CT molecular complexity index is 896. The molecule has 0 radical (unpaired) electrons. The predicted octanol–water partition coefficient (Wildman–Crippen LogP) is 3.37. The Hall–Kier alpha value is -1.86. The van der Waals surface area contributed by atoms with E-state index in [9.17, 15) is 16.8 Å². The zero-order chi connectivity index (χ0) is 18.0. The van der Waals surface area contributed by atoms with Crippen LogP contribution in [0.3, 0.4) is 0 Å². The summed E-state index contributed by atoms with van der Waals surface area (Å²) in [6, 6.07) is 11.8. The molecule has 0 heterocycles. The Labute approximate surface area is 143 Å². The van der Waals surface area contributed by atoms with Crippen molar-refractivity contribution in [3.8, 4) is 5.75 Å². The lowest BCUT2D eigenvalue weighted by atomic mass is 9.99. The molecule has 0 fully saturated rings. The standard InChI is InChI=1S/C17H20O5S2/c1-4-13(2)14-5-7-15(8-6-14)22-24(20,21)17-11-9-16(10-12-17)23(3,18)19/h5-13H,4H2,1-3H3/t13-/m0/s1. The molecular weight excluding hydrogens is 348 g/mol. The summed E-state index contributed by atoms with van der Waals surface area (Å²) in [5.74, 6) is 0.605. The lowest BCUT2D eigenvalue weighted by Gasteiger charge is -2.11. The third-order valence-corrected chi connectivity index (χ3v) is 6.20. The Kier molecular flexibility index (Phi) is 5.35. The predicted molar refractivity (Wildman–Crippen MR) is 92.5 cm³/mol. The van der Waals surface area contributed by atoms with Crippen molar-refractivity contribution in [2.45, 2.75) is 36.0 Å². The Balaban J connectivity index is 2.22. The van der Waals surface area contributed by atoms with Crippen LogP contribution in [0.25, 0.3) is 0 Å². The average molecular weight is 368 g/mol. The van der Waals surface area contributed by atoms with Gasteiger partial charge in [-0.25, -0.2) is 8.42 Å². The van der Waals surface area contributed by atoms with E-state index < -0.39 is 20.0 Å². The van der Waals surface area contributed by atoms with E-state index in [0.29, 0.717) is 5.92 Å². The molecule has 0 saturated heterocycles. The molecule has 0 aliphatic carbocycles. The van der Waals surface area contributed by atoms with Gasteiger partial charge in [0.1, 0.15) is 10.6 Å². The molecule has 0 unspecified atom stereocenters. The molecule has 0 bridgehead atoms. The van der Waals surface area contributed by atoms with Crippen molar-refractivity contribution in [1.29, 1.82) is 0 Å². The minimum absolute atomic E-state index is 0.0550. The van der Waals surface area contributed by atoms with Gasteiger partial charge in [-0.15, -0.1) is 0 Å². The van der Waals surface area contributed by atoms with E-state index in [0.717, 1.165) is 18.2 Å². The maximum absolute atomic E-state index is 12.3. The zero-order valence-corrected chi connectivity index (χ0v) is 15.4. The fourth-order valence-corrected chi connectivity index (χ4v) is 3.68.